The molecule has 8 heteroatoms. The van der Waals surface area contributed by atoms with E-state index in [0.717, 1.165) is 0 Å². The summed E-state index contributed by atoms with van der Waals surface area (Å²) < 4.78 is 0. The molecular weight excluding hydrogens is 340 g/mol. The number of thiocarbonyl (C=S) groups is 1. The fourth-order valence-electron chi connectivity index (χ4n) is 1.91. The molecule has 124 valence electrons. The number of carbonyl (C=O) groups excluding carboxylic acids is 1. The van der Waals surface area contributed by atoms with Gasteiger partial charge in [-0.3, -0.25) is 20.2 Å². The summed E-state index contributed by atoms with van der Waals surface area (Å²) >= 11 is 5.03. The van der Waals surface area contributed by atoms with Crippen molar-refractivity contribution < 1.29 is 9.72 Å². The number of nitro benzene ring substituents is 1. The zero-order valence-electron chi connectivity index (χ0n) is 12.8. The van der Waals surface area contributed by atoms with Gasteiger partial charge >= 0.3 is 0 Å². The topological polar surface area (TPSA) is 108 Å². The van der Waals surface area contributed by atoms with Gasteiger partial charge in [0.1, 0.15) is 6.07 Å². The predicted octanol–water partition coefficient (Wildman–Crippen LogP) is 2.99. The van der Waals surface area contributed by atoms with Crippen LogP contribution in [0.5, 0.6) is 0 Å². The molecule has 0 atom stereocenters. The lowest BCUT2D eigenvalue weighted by molar-refractivity contribution is -0.384. The van der Waals surface area contributed by atoms with Gasteiger partial charge < -0.3 is 5.32 Å². The average molecular weight is 352 g/mol. The van der Waals surface area contributed by atoms with Gasteiger partial charge in [0.15, 0.2) is 5.11 Å². The molecule has 0 radical (unpaired) electrons. The zero-order chi connectivity index (χ0) is 18.2. The number of anilines is 1. The van der Waals surface area contributed by atoms with E-state index in [1.165, 1.54) is 30.4 Å². The van der Waals surface area contributed by atoms with Crippen LogP contribution in [0, 0.1) is 21.4 Å². The number of non-ortho nitro benzene ring substituents is 1. The van der Waals surface area contributed by atoms with Crippen molar-refractivity contribution in [1.82, 2.24) is 5.32 Å². The summed E-state index contributed by atoms with van der Waals surface area (Å²) in [5, 5.41) is 25.0. The van der Waals surface area contributed by atoms with Gasteiger partial charge in [-0.1, -0.05) is 24.3 Å². The molecule has 0 fully saturated rings. The first kappa shape index (κ1) is 17.8. The van der Waals surface area contributed by atoms with Crippen LogP contribution in [0.1, 0.15) is 11.1 Å². The summed E-state index contributed by atoms with van der Waals surface area (Å²) in [6.07, 6.45) is 2.65. The number of amides is 1. The van der Waals surface area contributed by atoms with Crippen LogP contribution in [0.4, 0.5) is 11.4 Å². The van der Waals surface area contributed by atoms with Crippen LogP contribution in [0.3, 0.4) is 0 Å². The average Bonchev–Trinajstić information content (AvgIpc) is 2.60. The molecule has 0 heterocycles. The highest BCUT2D eigenvalue weighted by atomic mass is 32.1. The highest BCUT2D eigenvalue weighted by Crippen LogP contribution is 2.14. The normalized spacial score (nSPS) is 10.0. The van der Waals surface area contributed by atoms with Gasteiger partial charge in [-0.25, -0.2) is 0 Å². The molecule has 2 aromatic rings. The van der Waals surface area contributed by atoms with Gasteiger partial charge in [-0.05, 0) is 36.0 Å². The molecule has 2 N–H and O–H groups in total. The summed E-state index contributed by atoms with van der Waals surface area (Å²) in [6, 6.07) is 14.6. The summed E-state index contributed by atoms with van der Waals surface area (Å²) in [5.41, 5.74) is 1.33. The van der Waals surface area contributed by atoms with Crippen LogP contribution >= 0.6 is 12.2 Å². The first-order valence-electron chi connectivity index (χ1n) is 7.03. The van der Waals surface area contributed by atoms with Gasteiger partial charge in [-0.15, -0.1) is 0 Å². The molecule has 0 unspecified atom stereocenters. The molecule has 1 amide bonds. The Labute approximate surface area is 148 Å². The monoisotopic (exact) mass is 352 g/mol. The second kappa shape index (κ2) is 8.33. The van der Waals surface area contributed by atoms with Crippen molar-refractivity contribution in [1.29, 1.82) is 5.26 Å². The molecule has 0 saturated carbocycles. The van der Waals surface area contributed by atoms with E-state index in [1.807, 2.05) is 6.07 Å². The van der Waals surface area contributed by atoms with E-state index in [2.05, 4.69) is 10.6 Å². The second-order valence-corrected chi connectivity index (χ2v) is 5.19. The molecule has 0 aliphatic carbocycles. The van der Waals surface area contributed by atoms with E-state index in [0.29, 0.717) is 16.8 Å². The van der Waals surface area contributed by atoms with Gasteiger partial charge in [0, 0.05) is 18.2 Å². The van der Waals surface area contributed by atoms with E-state index < -0.39 is 10.8 Å². The van der Waals surface area contributed by atoms with Crippen LogP contribution in [-0.2, 0) is 4.79 Å². The minimum atomic E-state index is -0.511. The van der Waals surface area contributed by atoms with Crippen LogP contribution in [0.15, 0.2) is 54.6 Å². The largest absolute Gasteiger partial charge is 0.331 e. The highest BCUT2D eigenvalue weighted by molar-refractivity contribution is 7.80. The second-order valence-electron chi connectivity index (χ2n) is 4.79. The Morgan fingerprint density at radius 1 is 1.24 bits per heavy atom. The van der Waals surface area contributed by atoms with Gasteiger partial charge in [0.25, 0.3) is 5.69 Å². The maximum atomic E-state index is 11.9. The van der Waals surface area contributed by atoms with Crippen molar-refractivity contribution in [3.63, 3.8) is 0 Å². The summed E-state index contributed by atoms with van der Waals surface area (Å²) in [6.45, 7) is 0. The lowest BCUT2D eigenvalue weighted by Crippen LogP contribution is -2.33. The Morgan fingerprint density at radius 2 is 2.00 bits per heavy atom. The standard InChI is InChI=1S/C17H12N4O3S/c18-11-13-5-1-2-7-15(13)19-17(25)20-16(22)9-8-12-4-3-6-14(10-12)21(23)24/h1-10H,(H2,19,20,22,25)/b9-8+. The van der Waals surface area contributed by atoms with E-state index in [9.17, 15) is 14.9 Å². The molecule has 7 nitrogen and oxygen atoms in total. The summed E-state index contributed by atoms with van der Waals surface area (Å²) in [5.74, 6) is -0.501. The first-order chi connectivity index (χ1) is 12.0. The fraction of sp³-hybridized carbons (Fsp3) is 0. The fourth-order valence-corrected chi connectivity index (χ4v) is 2.12. The molecule has 0 aliphatic rings. The number of benzene rings is 2. The molecule has 0 bridgehead atoms. The number of nitro groups is 1. The van der Waals surface area contributed by atoms with Crippen molar-refractivity contribution in [2.75, 3.05) is 5.32 Å². The quantitative estimate of drug-likeness (QED) is 0.379. The van der Waals surface area contributed by atoms with Crippen molar-refractivity contribution in [2.45, 2.75) is 0 Å². The molecule has 0 aliphatic heterocycles. The van der Waals surface area contributed by atoms with E-state index in [-0.39, 0.29) is 10.8 Å². The number of para-hydroxylation sites is 1. The Bertz CT molecular complexity index is 903. The minimum Gasteiger partial charge on any atom is -0.331 e. The number of nitriles is 1. The molecule has 0 spiro atoms. The van der Waals surface area contributed by atoms with Gasteiger partial charge in [-0.2, -0.15) is 5.26 Å². The van der Waals surface area contributed by atoms with Gasteiger partial charge in [0.05, 0.1) is 16.2 Å². The van der Waals surface area contributed by atoms with Crippen LogP contribution < -0.4 is 10.6 Å². The lowest BCUT2D eigenvalue weighted by Gasteiger charge is -2.09. The predicted molar refractivity (Wildman–Crippen MR) is 97.7 cm³/mol. The third-order valence-electron chi connectivity index (χ3n) is 3.04. The molecular formula is C17H12N4O3S. The third-order valence-corrected chi connectivity index (χ3v) is 3.24. The molecule has 0 aromatic heterocycles. The Hall–Kier alpha value is -3.57. The molecule has 25 heavy (non-hydrogen) atoms. The molecule has 2 rings (SSSR count). The highest BCUT2D eigenvalue weighted by Gasteiger charge is 2.06. The molecule has 2 aromatic carbocycles. The van der Waals surface area contributed by atoms with E-state index in [1.54, 1.807) is 30.3 Å². The summed E-state index contributed by atoms with van der Waals surface area (Å²) in [4.78, 5) is 22.1. The molecule has 0 saturated heterocycles. The maximum Gasteiger partial charge on any atom is 0.270 e. The number of nitrogens with zero attached hydrogens (tertiary/aromatic N) is 2. The number of hydrogen-bond donors (Lipinski definition) is 2. The zero-order valence-corrected chi connectivity index (χ0v) is 13.6. The first-order valence-corrected chi connectivity index (χ1v) is 7.44. The maximum absolute atomic E-state index is 11.9. The number of carbonyl (C=O) groups is 1. The van der Waals surface area contributed by atoms with E-state index >= 15 is 0 Å². The number of rotatable bonds is 4. The van der Waals surface area contributed by atoms with Crippen molar-refractivity contribution >= 4 is 40.7 Å². The number of nitrogens with one attached hydrogen (secondary N) is 2. The Kier molecular flexibility index (Phi) is 5.92. The van der Waals surface area contributed by atoms with Crippen LogP contribution in [-0.4, -0.2) is 15.9 Å². The van der Waals surface area contributed by atoms with Crippen molar-refractivity contribution in [3.8, 4) is 6.07 Å². The lowest BCUT2D eigenvalue weighted by atomic mass is 10.2. The smallest absolute Gasteiger partial charge is 0.270 e. The number of hydrogen-bond acceptors (Lipinski definition) is 5. The Morgan fingerprint density at radius 3 is 2.72 bits per heavy atom. The van der Waals surface area contributed by atoms with Crippen LogP contribution in [0.2, 0.25) is 0 Å². The van der Waals surface area contributed by atoms with Crippen molar-refractivity contribution in [2.24, 2.45) is 0 Å². The minimum absolute atomic E-state index is 0.0383. The third kappa shape index (κ3) is 5.23. The van der Waals surface area contributed by atoms with Gasteiger partial charge in [0.2, 0.25) is 5.91 Å². The summed E-state index contributed by atoms with van der Waals surface area (Å²) in [7, 11) is 0. The van der Waals surface area contributed by atoms with Crippen LogP contribution in [0.25, 0.3) is 6.08 Å². The SMILES string of the molecule is N#Cc1ccccc1NC(=S)NC(=O)/C=C/c1cccc([N+](=O)[O-])c1. The van der Waals surface area contributed by atoms with E-state index in [4.69, 9.17) is 17.5 Å². The Balaban J connectivity index is 1.98. The van der Waals surface area contributed by atoms with Crippen molar-refractivity contribution in [3.05, 3.63) is 75.8 Å².